The highest BCUT2D eigenvalue weighted by Gasteiger charge is 2.07. The Bertz CT molecular complexity index is 868. The molecule has 0 bridgehead atoms. The maximum atomic E-state index is 11.5. The van der Waals surface area contributed by atoms with Crippen LogP contribution in [-0.4, -0.2) is 25.7 Å². The molecule has 0 saturated heterocycles. The van der Waals surface area contributed by atoms with Gasteiger partial charge in [-0.2, -0.15) is 0 Å². The molecule has 0 aliphatic carbocycles. The molecule has 0 unspecified atom stereocenters. The zero-order valence-corrected chi connectivity index (χ0v) is 14.3. The van der Waals surface area contributed by atoms with Crippen molar-refractivity contribution in [3.63, 3.8) is 0 Å². The molecule has 0 heterocycles. The molecule has 2 rings (SSSR count). The van der Waals surface area contributed by atoms with Gasteiger partial charge in [0.15, 0.2) is 9.84 Å². The van der Waals surface area contributed by atoms with E-state index in [1.54, 1.807) is 37.3 Å². The van der Waals surface area contributed by atoms with Crippen molar-refractivity contribution in [1.29, 1.82) is 0 Å². The maximum absolute atomic E-state index is 11.5. The fraction of sp³-hybridized carbons (Fsp3) is 0.167. The van der Waals surface area contributed by atoms with Crippen molar-refractivity contribution in [2.75, 3.05) is 11.6 Å². The van der Waals surface area contributed by atoms with Gasteiger partial charge in [-0.05, 0) is 42.3 Å². The van der Waals surface area contributed by atoms with Crippen LogP contribution in [0.3, 0.4) is 0 Å². The quantitative estimate of drug-likeness (QED) is 0.786. The Balaban J connectivity index is 2.15. The van der Waals surface area contributed by atoms with E-state index in [2.05, 4.69) is 5.32 Å². The Morgan fingerprint density at radius 2 is 1.75 bits per heavy atom. The summed E-state index contributed by atoms with van der Waals surface area (Å²) >= 11 is 0. The van der Waals surface area contributed by atoms with E-state index in [1.807, 2.05) is 24.3 Å². The summed E-state index contributed by atoms with van der Waals surface area (Å²) in [6.07, 6.45) is 2.78. The number of hydrogen-bond acceptors (Lipinski definition) is 4. The SMILES string of the molecule is C/C(=C\c1ccccc1NCc1ccc(S(C)(=O)=O)cc1)C(=O)O. The third-order valence-electron chi connectivity index (χ3n) is 3.50. The van der Waals surface area contributed by atoms with Gasteiger partial charge in [-0.15, -0.1) is 0 Å². The predicted molar refractivity (Wildman–Crippen MR) is 94.6 cm³/mol. The third kappa shape index (κ3) is 4.70. The van der Waals surface area contributed by atoms with Gasteiger partial charge in [0.2, 0.25) is 0 Å². The van der Waals surface area contributed by atoms with Gasteiger partial charge >= 0.3 is 5.97 Å². The molecule has 0 amide bonds. The molecule has 0 saturated carbocycles. The van der Waals surface area contributed by atoms with Crippen molar-refractivity contribution in [3.05, 3.63) is 65.2 Å². The summed E-state index contributed by atoms with van der Waals surface area (Å²) in [5.74, 6) is -0.957. The van der Waals surface area contributed by atoms with Crippen molar-refractivity contribution >= 4 is 27.6 Å². The molecule has 0 aromatic heterocycles. The predicted octanol–water partition coefficient (Wildman–Crippen LogP) is 3.19. The number of rotatable bonds is 6. The molecule has 0 fully saturated rings. The zero-order valence-electron chi connectivity index (χ0n) is 13.5. The molecule has 0 atom stereocenters. The van der Waals surface area contributed by atoms with Crippen LogP contribution in [0.5, 0.6) is 0 Å². The second-order valence-corrected chi connectivity index (χ2v) is 7.51. The second-order valence-electron chi connectivity index (χ2n) is 5.49. The molecule has 6 heteroatoms. The van der Waals surface area contributed by atoms with Crippen LogP contribution in [0.2, 0.25) is 0 Å². The third-order valence-corrected chi connectivity index (χ3v) is 4.63. The van der Waals surface area contributed by atoms with Crippen LogP contribution in [0, 0.1) is 0 Å². The fourth-order valence-corrected chi connectivity index (χ4v) is 2.76. The van der Waals surface area contributed by atoms with Crippen molar-refractivity contribution in [3.8, 4) is 0 Å². The van der Waals surface area contributed by atoms with Crippen LogP contribution >= 0.6 is 0 Å². The van der Waals surface area contributed by atoms with Gasteiger partial charge < -0.3 is 10.4 Å². The van der Waals surface area contributed by atoms with Gasteiger partial charge in [-0.1, -0.05) is 30.3 Å². The molecular formula is C18H19NO4S. The lowest BCUT2D eigenvalue weighted by atomic mass is 10.1. The van der Waals surface area contributed by atoms with E-state index in [9.17, 15) is 13.2 Å². The number of hydrogen-bond donors (Lipinski definition) is 2. The molecule has 2 aromatic rings. The van der Waals surface area contributed by atoms with Crippen molar-refractivity contribution in [2.45, 2.75) is 18.4 Å². The van der Waals surface area contributed by atoms with Gasteiger partial charge in [0.1, 0.15) is 0 Å². The smallest absolute Gasteiger partial charge is 0.331 e. The number of carboxylic acids is 1. The van der Waals surface area contributed by atoms with Crippen LogP contribution in [0.4, 0.5) is 5.69 Å². The molecule has 0 aliphatic rings. The molecule has 0 aliphatic heterocycles. The summed E-state index contributed by atoms with van der Waals surface area (Å²) in [5, 5.41) is 12.2. The van der Waals surface area contributed by atoms with Gasteiger partial charge in [0.25, 0.3) is 0 Å². The van der Waals surface area contributed by atoms with Crippen molar-refractivity contribution in [2.24, 2.45) is 0 Å². The lowest BCUT2D eigenvalue weighted by Gasteiger charge is -2.10. The van der Waals surface area contributed by atoms with Crippen LogP contribution in [-0.2, 0) is 21.2 Å². The number of carbonyl (C=O) groups is 1. The van der Waals surface area contributed by atoms with Crippen LogP contribution < -0.4 is 5.32 Å². The summed E-state index contributed by atoms with van der Waals surface area (Å²) in [6.45, 7) is 2.05. The summed E-state index contributed by atoms with van der Waals surface area (Å²) in [4.78, 5) is 11.3. The monoisotopic (exact) mass is 345 g/mol. The van der Waals surface area contributed by atoms with E-state index in [4.69, 9.17) is 5.11 Å². The van der Waals surface area contributed by atoms with E-state index in [1.165, 1.54) is 6.26 Å². The van der Waals surface area contributed by atoms with Crippen LogP contribution in [0.25, 0.3) is 6.08 Å². The Kier molecular flexibility index (Phi) is 5.41. The second kappa shape index (κ2) is 7.31. The maximum Gasteiger partial charge on any atom is 0.331 e. The average Bonchev–Trinajstić information content (AvgIpc) is 2.53. The molecule has 2 aromatic carbocycles. The number of para-hydroxylation sites is 1. The highest BCUT2D eigenvalue weighted by atomic mass is 32.2. The van der Waals surface area contributed by atoms with E-state index < -0.39 is 15.8 Å². The first kappa shape index (κ1) is 17.7. The number of nitrogens with one attached hydrogen (secondary N) is 1. The summed E-state index contributed by atoms with van der Waals surface area (Å²) < 4.78 is 22.9. The summed E-state index contributed by atoms with van der Waals surface area (Å²) in [7, 11) is -3.20. The number of carboxylic acid groups (broad SMARTS) is 1. The molecule has 5 nitrogen and oxygen atoms in total. The number of benzene rings is 2. The fourth-order valence-electron chi connectivity index (χ4n) is 2.13. The zero-order chi connectivity index (χ0) is 17.7. The lowest BCUT2D eigenvalue weighted by molar-refractivity contribution is -0.132. The van der Waals surface area contributed by atoms with Crippen LogP contribution in [0.15, 0.2) is 59.0 Å². The molecular weight excluding hydrogens is 326 g/mol. The van der Waals surface area contributed by atoms with Crippen molar-refractivity contribution in [1.82, 2.24) is 0 Å². The summed E-state index contributed by atoms with van der Waals surface area (Å²) in [5.41, 5.74) is 2.77. The van der Waals surface area contributed by atoms with Gasteiger partial charge in [-0.25, -0.2) is 13.2 Å². The standard InChI is InChI=1S/C18H19NO4S/c1-13(18(20)21)11-15-5-3-4-6-17(15)19-12-14-7-9-16(10-8-14)24(2,22)23/h3-11,19H,12H2,1-2H3,(H,20,21)/b13-11+. The minimum atomic E-state index is -3.20. The Morgan fingerprint density at radius 1 is 1.12 bits per heavy atom. The van der Waals surface area contributed by atoms with E-state index in [-0.39, 0.29) is 10.5 Å². The van der Waals surface area contributed by atoms with E-state index in [0.29, 0.717) is 6.54 Å². The van der Waals surface area contributed by atoms with E-state index >= 15 is 0 Å². The normalized spacial score (nSPS) is 12.0. The minimum Gasteiger partial charge on any atom is -0.478 e. The van der Waals surface area contributed by atoms with Gasteiger partial charge in [0, 0.05) is 24.1 Å². The number of anilines is 1. The lowest BCUT2D eigenvalue weighted by Crippen LogP contribution is -2.03. The van der Waals surface area contributed by atoms with Gasteiger partial charge in [-0.3, -0.25) is 0 Å². The molecule has 0 radical (unpaired) electrons. The molecule has 126 valence electrons. The summed E-state index contributed by atoms with van der Waals surface area (Å²) in [6, 6.07) is 14.1. The Hall–Kier alpha value is -2.60. The highest BCUT2D eigenvalue weighted by molar-refractivity contribution is 7.90. The number of aliphatic carboxylic acids is 1. The minimum absolute atomic E-state index is 0.252. The van der Waals surface area contributed by atoms with Gasteiger partial charge in [0.05, 0.1) is 4.90 Å². The first-order valence-electron chi connectivity index (χ1n) is 7.31. The molecule has 2 N–H and O–H groups in total. The van der Waals surface area contributed by atoms with E-state index in [0.717, 1.165) is 16.8 Å². The largest absolute Gasteiger partial charge is 0.478 e. The first-order chi connectivity index (χ1) is 11.3. The van der Waals surface area contributed by atoms with Crippen LogP contribution in [0.1, 0.15) is 18.1 Å². The Morgan fingerprint density at radius 3 is 2.33 bits per heavy atom. The molecule has 24 heavy (non-hydrogen) atoms. The first-order valence-corrected chi connectivity index (χ1v) is 9.20. The van der Waals surface area contributed by atoms with Crippen molar-refractivity contribution < 1.29 is 18.3 Å². The Labute approximate surface area is 141 Å². The molecule has 0 spiro atoms. The highest BCUT2D eigenvalue weighted by Crippen LogP contribution is 2.20. The average molecular weight is 345 g/mol. The number of sulfone groups is 1. The topological polar surface area (TPSA) is 83.5 Å².